The first-order valence-electron chi connectivity index (χ1n) is 6.62. The zero-order valence-corrected chi connectivity index (χ0v) is 12.8. The summed E-state index contributed by atoms with van der Waals surface area (Å²) in [4.78, 5) is 23.3. The number of amides is 1. The lowest BCUT2D eigenvalue weighted by Gasteiger charge is -2.09. The first-order valence-corrected chi connectivity index (χ1v) is 7.37. The predicted molar refractivity (Wildman–Crippen MR) is 82.5 cm³/mol. The Balaban J connectivity index is 1.76. The standard InChI is InChI=1S/C15H15Cl2NO3/c16-11-5-6-13(12(17)8-11)18-14(19)9-21-15(20)7-10-3-1-2-4-10/h1,3,5-6,8,10H,2,4,7,9H2,(H,18,19)/t10-/m0/s1. The summed E-state index contributed by atoms with van der Waals surface area (Å²) in [7, 11) is 0. The van der Waals surface area contributed by atoms with E-state index in [2.05, 4.69) is 5.32 Å². The van der Waals surface area contributed by atoms with Gasteiger partial charge in [0, 0.05) is 5.02 Å². The number of hydrogen-bond acceptors (Lipinski definition) is 3. The molecule has 0 bridgehead atoms. The molecule has 1 aliphatic carbocycles. The Morgan fingerprint density at radius 1 is 1.33 bits per heavy atom. The van der Waals surface area contributed by atoms with Crippen molar-refractivity contribution in [1.29, 1.82) is 0 Å². The average Bonchev–Trinajstić information content (AvgIpc) is 2.92. The highest BCUT2D eigenvalue weighted by molar-refractivity contribution is 6.36. The number of rotatable bonds is 5. The Labute approximate surface area is 133 Å². The van der Waals surface area contributed by atoms with Gasteiger partial charge in [0.25, 0.3) is 5.91 Å². The van der Waals surface area contributed by atoms with Gasteiger partial charge in [-0.25, -0.2) is 0 Å². The number of carbonyl (C=O) groups excluding carboxylic acids is 2. The van der Waals surface area contributed by atoms with Crippen molar-refractivity contribution in [1.82, 2.24) is 0 Å². The molecule has 2 rings (SSSR count). The molecule has 0 spiro atoms. The summed E-state index contributed by atoms with van der Waals surface area (Å²) in [5.74, 6) is -0.579. The normalized spacial score (nSPS) is 16.8. The molecule has 112 valence electrons. The van der Waals surface area contributed by atoms with Crippen LogP contribution in [0.4, 0.5) is 5.69 Å². The van der Waals surface area contributed by atoms with E-state index in [4.69, 9.17) is 27.9 Å². The first kappa shape index (κ1) is 15.9. The van der Waals surface area contributed by atoms with Crippen molar-refractivity contribution >= 4 is 40.8 Å². The highest BCUT2D eigenvalue weighted by Gasteiger charge is 2.16. The van der Waals surface area contributed by atoms with Crippen LogP contribution in [0.5, 0.6) is 0 Å². The lowest BCUT2D eigenvalue weighted by atomic mass is 10.1. The van der Waals surface area contributed by atoms with Gasteiger partial charge in [-0.1, -0.05) is 35.4 Å². The van der Waals surface area contributed by atoms with Crippen LogP contribution in [0.2, 0.25) is 10.0 Å². The molecule has 6 heteroatoms. The van der Waals surface area contributed by atoms with Gasteiger partial charge >= 0.3 is 5.97 Å². The molecule has 0 heterocycles. The Kier molecular flexibility index (Phi) is 5.65. The molecular weight excluding hydrogens is 313 g/mol. The van der Waals surface area contributed by atoms with Gasteiger partial charge in [0.05, 0.1) is 17.1 Å². The third-order valence-electron chi connectivity index (χ3n) is 3.11. The van der Waals surface area contributed by atoms with Crippen molar-refractivity contribution < 1.29 is 14.3 Å². The molecule has 1 N–H and O–H groups in total. The van der Waals surface area contributed by atoms with Crippen molar-refractivity contribution in [2.75, 3.05) is 11.9 Å². The number of benzene rings is 1. The predicted octanol–water partition coefficient (Wildman–Crippen LogP) is 3.83. The fraction of sp³-hybridized carbons (Fsp3) is 0.333. The molecule has 0 aliphatic heterocycles. The Bertz CT molecular complexity index is 572. The van der Waals surface area contributed by atoms with Gasteiger partial charge in [0.15, 0.2) is 6.61 Å². The Morgan fingerprint density at radius 3 is 2.81 bits per heavy atom. The summed E-state index contributed by atoms with van der Waals surface area (Å²) < 4.78 is 4.95. The number of ether oxygens (including phenoxy) is 1. The van der Waals surface area contributed by atoms with Crippen LogP contribution in [0.1, 0.15) is 19.3 Å². The monoisotopic (exact) mass is 327 g/mol. The second-order valence-corrected chi connectivity index (χ2v) is 5.65. The lowest BCUT2D eigenvalue weighted by Crippen LogP contribution is -2.21. The van der Waals surface area contributed by atoms with Gasteiger partial charge in [0.2, 0.25) is 0 Å². The molecule has 0 saturated heterocycles. The SMILES string of the molecule is O=C(COC(=O)C[C@H]1C=CCC1)Nc1ccc(Cl)cc1Cl. The van der Waals surface area contributed by atoms with E-state index in [1.54, 1.807) is 12.1 Å². The Morgan fingerprint density at radius 2 is 2.14 bits per heavy atom. The molecule has 1 amide bonds. The molecule has 0 radical (unpaired) electrons. The molecular formula is C15H15Cl2NO3. The van der Waals surface area contributed by atoms with Crippen molar-refractivity contribution in [3.8, 4) is 0 Å². The first-order chi connectivity index (χ1) is 10.0. The van der Waals surface area contributed by atoms with Crippen LogP contribution in [-0.2, 0) is 14.3 Å². The van der Waals surface area contributed by atoms with E-state index < -0.39 is 5.91 Å². The van der Waals surface area contributed by atoms with E-state index in [9.17, 15) is 9.59 Å². The molecule has 1 atom stereocenters. The van der Waals surface area contributed by atoms with Crippen molar-refractivity contribution in [3.63, 3.8) is 0 Å². The van der Waals surface area contributed by atoms with Gasteiger partial charge in [-0.05, 0) is 37.0 Å². The van der Waals surface area contributed by atoms with E-state index in [1.165, 1.54) is 6.07 Å². The Hall–Kier alpha value is -1.52. The van der Waals surface area contributed by atoms with E-state index in [-0.39, 0.29) is 18.5 Å². The molecule has 0 unspecified atom stereocenters. The quantitative estimate of drug-likeness (QED) is 0.660. The van der Waals surface area contributed by atoms with Gasteiger partial charge in [0.1, 0.15) is 0 Å². The van der Waals surface area contributed by atoms with Crippen molar-refractivity contribution in [2.45, 2.75) is 19.3 Å². The van der Waals surface area contributed by atoms with E-state index >= 15 is 0 Å². The van der Waals surface area contributed by atoms with Crippen LogP contribution in [0, 0.1) is 5.92 Å². The third kappa shape index (κ3) is 5.06. The lowest BCUT2D eigenvalue weighted by molar-refractivity contribution is -0.147. The highest BCUT2D eigenvalue weighted by atomic mass is 35.5. The number of carbonyl (C=O) groups is 2. The van der Waals surface area contributed by atoms with Crippen LogP contribution in [-0.4, -0.2) is 18.5 Å². The van der Waals surface area contributed by atoms with Gasteiger partial charge in [-0.2, -0.15) is 0 Å². The number of nitrogens with one attached hydrogen (secondary N) is 1. The average molecular weight is 328 g/mol. The molecule has 0 saturated carbocycles. The second-order valence-electron chi connectivity index (χ2n) is 4.80. The van der Waals surface area contributed by atoms with E-state index in [0.29, 0.717) is 22.2 Å². The number of esters is 1. The summed E-state index contributed by atoms with van der Waals surface area (Å²) >= 11 is 11.7. The zero-order valence-electron chi connectivity index (χ0n) is 11.3. The van der Waals surface area contributed by atoms with Crippen molar-refractivity contribution in [3.05, 3.63) is 40.4 Å². The molecule has 4 nitrogen and oxygen atoms in total. The van der Waals surface area contributed by atoms with Crippen molar-refractivity contribution in [2.24, 2.45) is 5.92 Å². The number of hydrogen-bond donors (Lipinski definition) is 1. The van der Waals surface area contributed by atoms with Crippen LogP contribution >= 0.6 is 23.2 Å². The molecule has 0 aromatic heterocycles. The maximum absolute atomic E-state index is 11.7. The number of anilines is 1. The van der Waals surface area contributed by atoms with E-state index in [0.717, 1.165) is 12.8 Å². The largest absolute Gasteiger partial charge is 0.456 e. The molecule has 0 fully saturated rings. The molecule has 21 heavy (non-hydrogen) atoms. The second kappa shape index (κ2) is 7.48. The summed E-state index contributed by atoms with van der Waals surface area (Å²) in [6, 6.07) is 4.73. The van der Waals surface area contributed by atoms with Crippen LogP contribution in [0.15, 0.2) is 30.4 Å². The summed E-state index contributed by atoms with van der Waals surface area (Å²) in [5, 5.41) is 3.38. The van der Waals surface area contributed by atoms with Gasteiger partial charge in [-0.3, -0.25) is 9.59 Å². The fourth-order valence-electron chi connectivity index (χ4n) is 2.06. The maximum Gasteiger partial charge on any atom is 0.306 e. The minimum atomic E-state index is -0.436. The number of halogens is 2. The van der Waals surface area contributed by atoms with Crippen LogP contribution < -0.4 is 5.32 Å². The molecule has 1 aromatic rings. The summed E-state index contributed by atoms with van der Waals surface area (Å²) in [6.45, 7) is -0.325. The number of allylic oxidation sites excluding steroid dienone is 2. The summed E-state index contributed by atoms with van der Waals surface area (Å²) in [6.07, 6.45) is 6.32. The smallest absolute Gasteiger partial charge is 0.306 e. The zero-order chi connectivity index (χ0) is 15.2. The van der Waals surface area contributed by atoms with Crippen LogP contribution in [0.25, 0.3) is 0 Å². The highest BCUT2D eigenvalue weighted by Crippen LogP contribution is 2.25. The third-order valence-corrected chi connectivity index (χ3v) is 3.66. The van der Waals surface area contributed by atoms with Gasteiger partial charge < -0.3 is 10.1 Å². The fourth-order valence-corrected chi connectivity index (χ4v) is 2.52. The van der Waals surface area contributed by atoms with Gasteiger partial charge in [-0.15, -0.1) is 0 Å². The van der Waals surface area contributed by atoms with Crippen LogP contribution in [0.3, 0.4) is 0 Å². The molecule has 1 aliphatic rings. The minimum Gasteiger partial charge on any atom is -0.456 e. The minimum absolute atomic E-state index is 0.228. The summed E-state index contributed by atoms with van der Waals surface area (Å²) in [5.41, 5.74) is 0.431. The maximum atomic E-state index is 11.7. The topological polar surface area (TPSA) is 55.4 Å². The van der Waals surface area contributed by atoms with E-state index in [1.807, 2.05) is 12.2 Å². The molecule has 1 aromatic carbocycles.